The molecule has 0 aromatic heterocycles. The van der Waals surface area contributed by atoms with Gasteiger partial charge in [0.1, 0.15) is 5.82 Å². The van der Waals surface area contributed by atoms with Gasteiger partial charge in [-0.2, -0.15) is 0 Å². The fourth-order valence-electron chi connectivity index (χ4n) is 5.02. The van der Waals surface area contributed by atoms with Crippen molar-refractivity contribution in [2.75, 3.05) is 0 Å². The molecule has 1 aromatic carbocycles. The lowest BCUT2D eigenvalue weighted by Crippen LogP contribution is -2.36. The molecule has 1 aliphatic heterocycles. The van der Waals surface area contributed by atoms with E-state index >= 15 is 0 Å². The molecule has 0 amide bonds. The highest BCUT2D eigenvalue weighted by molar-refractivity contribution is 6.12. The lowest BCUT2D eigenvalue weighted by atomic mass is 9.59. The van der Waals surface area contributed by atoms with E-state index in [4.69, 9.17) is 4.99 Å². The number of nitrogens with zero attached hydrogens (tertiary/aromatic N) is 1. The fourth-order valence-corrected chi connectivity index (χ4v) is 5.02. The molecule has 0 bridgehead atoms. The van der Waals surface area contributed by atoms with E-state index in [2.05, 4.69) is 40.7 Å². The normalized spacial score (nSPS) is 36.3. The Morgan fingerprint density at radius 1 is 1.29 bits per heavy atom. The number of benzene rings is 1. The largest absolute Gasteiger partial charge is 0.277 e. The van der Waals surface area contributed by atoms with Crippen LogP contribution in [-0.2, 0) is 5.41 Å². The molecule has 0 spiro atoms. The monoisotopic (exact) mass is 325 g/mol. The number of fused-ring (bicyclic) bond motifs is 3. The number of allylic oxidation sites excluding steroid dienone is 2. The van der Waals surface area contributed by atoms with E-state index < -0.39 is 0 Å². The molecule has 1 heterocycles. The number of hydrogen-bond donors (Lipinski definition) is 0. The van der Waals surface area contributed by atoms with Crippen molar-refractivity contribution in [1.82, 2.24) is 0 Å². The van der Waals surface area contributed by atoms with Crippen LogP contribution in [-0.4, -0.2) is 11.3 Å². The predicted molar refractivity (Wildman–Crippen MR) is 98.2 cm³/mol. The Kier molecular flexibility index (Phi) is 3.21. The lowest BCUT2D eigenvalue weighted by molar-refractivity contribution is 0.101. The van der Waals surface area contributed by atoms with Gasteiger partial charge in [0.05, 0.1) is 11.3 Å². The molecule has 0 radical (unpaired) electrons. The second-order valence-corrected chi connectivity index (χ2v) is 9.12. The minimum absolute atomic E-state index is 0.0162. The van der Waals surface area contributed by atoms with E-state index in [1.54, 1.807) is 12.1 Å². The van der Waals surface area contributed by atoms with E-state index in [9.17, 15) is 4.39 Å². The number of hydrogen-bond acceptors (Lipinski definition) is 1. The van der Waals surface area contributed by atoms with Gasteiger partial charge in [0.15, 0.2) is 0 Å². The topological polar surface area (TPSA) is 12.4 Å². The third-order valence-electron chi connectivity index (χ3n) is 7.18. The highest BCUT2D eigenvalue weighted by Gasteiger charge is 2.64. The van der Waals surface area contributed by atoms with Crippen LogP contribution < -0.4 is 0 Å². The summed E-state index contributed by atoms with van der Waals surface area (Å²) in [7, 11) is 0. The minimum Gasteiger partial charge on any atom is -0.277 e. The number of rotatable bonds is 3. The highest BCUT2D eigenvalue weighted by atomic mass is 19.1. The SMILES string of the molecule is CC/C(=C\C1=NC2(C)CC2(C)c2ccc(F)cc21)[C@@H]1CCC1(C)C. The zero-order valence-corrected chi connectivity index (χ0v) is 15.5. The summed E-state index contributed by atoms with van der Waals surface area (Å²) < 4.78 is 13.9. The van der Waals surface area contributed by atoms with Gasteiger partial charge in [-0.25, -0.2) is 4.39 Å². The summed E-state index contributed by atoms with van der Waals surface area (Å²) in [6.45, 7) is 11.5. The van der Waals surface area contributed by atoms with Crippen molar-refractivity contribution in [3.8, 4) is 0 Å². The summed E-state index contributed by atoms with van der Waals surface area (Å²) in [6.07, 6.45) is 6.96. The molecule has 128 valence electrons. The van der Waals surface area contributed by atoms with E-state index in [1.807, 2.05) is 6.07 Å². The summed E-state index contributed by atoms with van der Waals surface area (Å²) in [5, 5.41) is 0. The first kappa shape index (κ1) is 16.1. The molecule has 2 fully saturated rings. The molecule has 24 heavy (non-hydrogen) atoms. The van der Waals surface area contributed by atoms with Crippen LogP contribution in [0.2, 0.25) is 0 Å². The number of halogens is 1. The van der Waals surface area contributed by atoms with Gasteiger partial charge >= 0.3 is 0 Å². The molecule has 2 unspecified atom stereocenters. The summed E-state index contributed by atoms with van der Waals surface area (Å²) in [5.41, 5.74) is 5.22. The van der Waals surface area contributed by atoms with E-state index in [0.717, 1.165) is 24.1 Å². The molecular formula is C22H28FN. The van der Waals surface area contributed by atoms with Gasteiger partial charge in [-0.3, -0.25) is 4.99 Å². The van der Waals surface area contributed by atoms with Gasteiger partial charge < -0.3 is 0 Å². The van der Waals surface area contributed by atoms with Crippen LogP contribution in [0.15, 0.2) is 34.8 Å². The molecule has 2 saturated carbocycles. The van der Waals surface area contributed by atoms with Crippen LogP contribution >= 0.6 is 0 Å². The Balaban J connectivity index is 1.81. The standard InChI is InChI=1S/C22H28FN/c1-6-14(17-9-10-20(17,2)3)11-19-16-12-15(23)7-8-18(16)21(4)13-22(21,5)24-19/h7-8,11-12,17H,6,9-10,13H2,1-5H3/b14-11+/t17-,21?,22?/m0/s1. The maximum Gasteiger partial charge on any atom is 0.123 e. The first-order valence-electron chi connectivity index (χ1n) is 9.31. The zero-order valence-electron chi connectivity index (χ0n) is 15.5. The molecule has 1 nitrogen and oxygen atoms in total. The predicted octanol–water partition coefficient (Wildman–Crippen LogP) is 5.82. The first-order valence-corrected chi connectivity index (χ1v) is 9.31. The van der Waals surface area contributed by atoms with Crippen LogP contribution in [0.3, 0.4) is 0 Å². The van der Waals surface area contributed by atoms with Crippen LogP contribution in [0.4, 0.5) is 4.39 Å². The van der Waals surface area contributed by atoms with Gasteiger partial charge in [-0.1, -0.05) is 39.3 Å². The highest BCUT2D eigenvalue weighted by Crippen LogP contribution is 2.63. The van der Waals surface area contributed by atoms with Gasteiger partial charge in [0.2, 0.25) is 0 Å². The van der Waals surface area contributed by atoms with Gasteiger partial charge in [-0.05, 0) is 67.7 Å². The molecule has 0 saturated heterocycles. The van der Waals surface area contributed by atoms with Crippen LogP contribution in [0.5, 0.6) is 0 Å². The minimum atomic E-state index is -0.162. The molecule has 1 aromatic rings. The zero-order chi connectivity index (χ0) is 17.3. The maximum atomic E-state index is 13.9. The molecule has 4 rings (SSSR count). The van der Waals surface area contributed by atoms with E-state index in [-0.39, 0.29) is 16.8 Å². The van der Waals surface area contributed by atoms with Crippen LogP contribution in [0.1, 0.15) is 71.4 Å². The average molecular weight is 325 g/mol. The summed E-state index contributed by atoms with van der Waals surface area (Å²) in [6, 6.07) is 5.27. The number of aliphatic imine (C=N–C) groups is 1. The Bertz CT molecular complexity index is 772. The Labute approximate surface area is 145 Å². The van der Waals surface area contributed by atoms with Gasteiger partial charge in [0.25, 0.3) is 0 Å². The summed E-state index contributed by atoms with van der Waals surface area (Å²) >= 11 is 0. The molecule has 0 N–H and O–H groups in total. The average Bonchev–Trinajstić information content (AvgIpc) is 3.08. The fraction of sp³-hybridized carbons (Fsp3) is 0.591. The van der Waals surface area contributed by atoms with Crippen molar-refractivity contribution in [2.24, 2.45) is 16.3 Å². The van der Waals surface area contributed by atoms with Crippen molar-refractivity contribution in [2.45, 2.75) is 71.3 Å². The van der Waals surface area contributed by atoms with Crippen molar-refractivity contribution in [3.63, 3.8) is 0 Å². The molecule has 3 aliphatic rings. The van der Waals surface area contributed by atoms with Gasteiger partial charge in [-0.15, -0.1) is 0 Å². The van der Waals surface area contributed by atoms with Gasteiger partial charge in [0, 0.05) is 11.0 Å². The Morgan fingerprint density at radius 3 is 2.62 bits per heavy atom. The van der Waals surface area contributed by atoms with Crippen molar-refractivity contribution in [1.29, 1.82) is 0 Å². The molecular weight excluding hydrogens is 297 g/mol. The first-order chi connectivity index (χ1) is 11.2. The quantitative estimate of drug-likeness (QED) is 0.664. The third kappa shape index (κ3) is 2.08. The van der Waals surface area contributed by atoms with Crippen molar-refractivity contribution < 1.29 is 4.39 Å². The van der Waals surface area contributed by atoms with Crippen molar-refractivity contribution in [3.05, 3.63) is 46.8 Å². The van der Waals surface area contributed by atoms with Crippen LogP contribution in [0.25, 0.3) is 0 Å². The molecule has 3 atom stereocenters. The van der Waals surface area contributed by atoms with Crippen molar-refractivity contribution >= 4 is 5.71 Å². The third-order valence-corrected chi connectivity index (χ3v) is 7.18. The molecule has 2 heteroatoms. The second kappa shape index (κ2) is 4.80. The van der Waals surface area contributed by atoms with E-state index in [1.165, 1.54) is 24.0 Å². The second-order valence-electron chi connectivity index (χ2n) is 9.12. The van der Waals surface area contributed by atoms with Crippen LogP contribution in [0, 0.1) is 17.2 Å². The maximum absolute atomic E-state index is 13.9. The lowest BCUT2D eigenvalue weighted by Gasteiger charge is -2.46. The van der Waals surface area contributed by atoms with E-state index in [0.29, 0.717) is 11.3 Å². The smallest absolute Gasteiger partial charge is 0.123 e. The summed E-state index contributed by atoms with van der Waals surface area (Å²) in [5.74, 6) is 0.479. The molecule has 2 aliphatic carbocycles. The summed E-state index contributed by atoms with van der Waals surface area (Å²) in [4.78, 5) is 5.09. The Morgan fingerprint density at radius 2 is 2.04 bits per heavy atom. The Hall–Kier alpha value is -1.44.